The fourth-order valence-corrected chi connectivity index (χ4v) is 2.79. The first kappa shape index (κ1) is 13.3. The monoisotopic (exact) mass is 242 g/mol. The molecule has 2 aliphatic rings. The Kier molecular flexibility index (Phi) is 5.22. The Morgan fingerprint density at radius 2 is 2.06 bits per heavy atom. The molecule has 2 fully saturated rings. The summed E-state index contributed by atoms with van der Waals surface area (Å²) in [5.74, 6) is 0. The highest BCUT2D eigenvalue weighted by molar-refractivity contribution is 4.80. The largest absolute Gasteiger partial charge is 0.381 e. The quantitative estimate of drug-likeness (QED) is 0.793. The summed E-state index contributed by atoms with van der Waals surface area (Å²) in [6, 6.07) is 0.664. The third-order valence-electron chi connectivity index (χ3n) is 3.98. The lowest BCUT2D eigenvalue weighted by atomic mass is 9.93. The maximum Gasteiger partial charge on any atom is 0.0826 e. The van der Waals surface area contributed by atoms with Gasteiger partial charge >= 0.3 is 0 Å². The van der Waals surface area contributed by atoms with Gasteiger partial charge < -0.3 is 19.7 Å². The lowest BCUT2D eigenvalue weighted by Crippen LogP contribution is -2.47. The van der Waals surface area contributed by atoms with Gasteiger partial charge in [0, 0.05) is 32.8 Å². The van der Waals surface area contributed by atoms with Crippen LogP contribution in [0.25, 0.3) is 0 Å². The van der Waals surface area contributed by atoms with Crippen molar-refractivity contribution in [1.29, 1.82) is 0 Å². The van der Waals surface area contributed by atoms with Crippen molar-refractivity contribution in [2.75, 3.05) is 40.4 Å². The van der Waals surface area contributed by atoms with Crippen molar-refractivity contribution < 1.29 is 9.47 Å². The lowest BCUT2D eigenvalue weighted by molar-refractivity contribution is -0.0208. The van der Waals surface area contributed by atoms with Crippen LogP contribution < -0.4 is 5.32 Å². The van der Waals surface area contributed by atoms with E-state index in [-0.39, 0.29) is 0 Å². The van der Waals surface area contributed by atoms with Crippen LogP contribution in [0, 0.1) is 0 Å². The van der Waals surface area contributed by atoms with Gasteiger partial charge in [0.15, 0.2) is 0 Å². The predicted molar refractivity (Wildman–Crippen MR) is 68.3 cm³/mol. The topological polar surface area (TPSA) is 33.7 Å². The SMILES string of the molecule is COC1CCC(NCC2CN(C)CCO2)CC1. The van der Waals surface area contributed by atoms with Gasteiger partial charge in [-0.15, -0.1) is 0 Å². The minimum atomic E-state index is 0.369. The van der Waals surface area contributed by atoms with Crippen molar-refractivity contribution in [2.24, 2.45) is 0 Å². The maximum absolute atomic E-state index is 5.75. The molecule has 1 aliphatic carbocycles. The Labute approximate surface area is 105 Å². The van der Waals surface area contributed by atoms with Crippen LogP contribution in [0.2, 0.25) is 0 Å². The van der Waals surface area contributed by atoms with Gasteiger partial charge in [0.2, 0.25) is 0 Å². The van der Waals surface area contributed by atoms with Gasteiger partial charge in [-0.05, 0) is 32.7 Å². The van der Waals surface area contributed by atoms with Gasteiger partial charge in [-0.25, -0.2) is 0 Å². The molecule has 1 unspecified atom stereocenters. The summed E-state index contributed by atoms with van der Waals surface area (Å²) in [7, 11) is 3.99. The smallest absolute Gasteiger partial charge is 0.0826 e. The van der Waals surface area contributed by atoms with Gasteiger partial charge in [0.1, 0.15) is 0 Å². The Hall–Kier alpha value is -0.160. The molecule has 0 aromatic carbocycles. The third kappa shape index (κ3) is 4.21. The van der Waals surface area contributed by atoms with Crippen LogP contribution in [0.1, 0.15) is 25.7 Å². The zero-order chi connectivity index (χ0) is 12.1. The summed E-state index contributed by atoms with van der Waals surface area (Å²) in [5, 5.41) is 3.65. The molecule has 1 aliphatic heterocycles. The normalized spacial score (nSPS) is 36.0. The first-order chi connectivity index (χ1) is 8.28. The van der Waals surface area contributed by atoms with Gasteiger partial charge in [-0.2, -0.15) is 0 Å². The van der Waals surface area contributed by atoms with Crippen LogP contribution in [0.5, 0.6) is 0 Å². The van der Waals surface area contributed by atoms with Crippen LogP contribution in [0.4, 0.5) is 0 Å². The molecule has 1 N–H and O–H groups in total. The second-order valence-electron chi connectivity index (χ2n) is 5.37. The molecule has 4 heteroatoms. The average molecular weight is 242 g/mol. The van der Waals surface area contributed by atoms with E-state index in [0.29, 0.717) is 18.2 Å². The molecule has 0 radical (unpaired) electrons. The number of likely N-dealkylation sites (N-methyl/N-ethyl adjacent to an activating group) is 1. The number of nitrogens with one attached hydrogen (secondary N) is 1. The maximum atomic E-state index is 5.75. The Morgan fingerprint density at radius 1 is 1.29 bits per heavy atom. The number of ether oxygens (including phenoxy) is 2. The van der Waals surface area contributed by atoms with E-state index in [1.54, 1.807) is 0 Å². The molecule has 1 heterocycles. The van der Waals surface area contributed by atoms with Crippen LogP contribution >= 0.6 is 0 Å². The van der Waals surface area contributed by atoms with Crippen molar-refractivity contribution in [3.05, 3.63) is 0 Å². The zero-order valence-electron chi connectivity index (χ0n) is 11.2. The lowest BCUT2D eigenvalue weighted by Gasteiger charge is -2.33. The van der Waals surface area contributed by atoms with E-state index in [0.717, 1.165) is 26.2 Å². The number of hydrogen-bond acceptors (Lipinski definition) is 4. The minimum Gasteiger partial charge on any atom is -0.381 e. The van der Waals surface area contributed by atoms with E-state index >= 15 is 0 Å². The summed E-state index contributed by atoms with van der Waals surface area (Å²) < 4.78 is 11.1. The second-order valence-corrected chi connectivity index (χ2v) is 5.37. The highest BCUT2D eigenvalue weighted by Gasteiger charge is 2.23. The van der Waals surface area contributed by atoms with Crippen molar-refractivity contribution in [3.8, 4) is 0 Å². The zero-order valence-corrected chi connectivity index (χ0v) is 11.2. The Bertz CT molecular complexity index is 217. The first-order valence-electron chi connectivity index (χ1n) is 6.84. The highest BCUT2D eigenvalue weighted by atomic mass is 16.5. The molecule has 17 heavy (non-hydrogen) atoms. The number of rotatable bonds is 4. The van der Waals surface area contributed by atoms with E-state index in [4.69, 9.17) is 9.47 Å². The molecule has 0 aromatic rings. The number of methoxy groups -OCH3 is 1. The van der Waals surface area contributed by atoms with E-state index in [2.05, 4.69) is 17.3 Å². The van der Waals surface area contributed by atoms with Gasteiger partial charge in [-0.1, -0.05) is 0 Å². The molecule has 4 nitrogen and oxygen atoms in total. The molecule has 1 atom stereocenters. The molecule has 0 spiro atoms. The minimum absolute atomic E-state index is 0.369. The summed E-state index contributed by atoms with van der Waals surface area (Å²) in [4.78, 5) is 2.34. The highest BCUT2D eigenvalue weighted by Crippen LogP contribution is 2.20. The number of hydrogen-bond donors (Lipinski definition) is 1. The molecule has 1 saturated carbocycles. The summed E-state index contributed by atoms with van der Waals surface area (Å²) in [6.45, 7) is 3.99. The summed E-state index contributed by atoms with van der Waals surface area (Å²) in [6.07, 6.45) is 5.72. The second kappa shape index (κ2) is 6.69. The Morgan fingerprint density at radius 3 is 2.71 bits per heavy atom. The number of nitrogens with zero attached hydrogens (tertiary/aromatic N) is 1. The van der Waals surface area contributed by atoms with Crippen molar-refractivity contribution in [2.45, 2.75) is 43.9 Å². The van der Waals surface area contributed by atoms with Crippen LogP contribution in [-0.4, -0.2) is 63.5 Å². The molecule has 2 rings (SSSR count). The molecule has 0 bridgehead atoms. The molecular weight excluding hydrogens is 216 g/mol. The van der Waals surface area contributed by atoms with Gasteiger partial charge in [-0.3, -0.25) is 0 Å². The third-order valence-corrected chi connectivity index (χ3v) is 3.98. The average Bonchev–Trinajstić information content (AvgIpc) is 2.37. The van der Waals surface area contributed by atoms with E-state index in [1.807, 2.05) is 7.11 Å². The van der Waals surface area contributed by atoms with Crippen LogP contribution in [0.3, 0.4) is 0 Å². The van der Waals surface area contributed by atoms with E-state index in [1.165, 1.54) is 25.7 Å². The van der Waals surface area contributed by atoms with Crippen LogP contribution in [-0.2, 0) is 9.47 Å². The van der Waals surface area contributed by atoms with Crippen molar-refractivity contribution >= 4 is 0 Å². The predicted octanol–water partition coefficient (Wildman–Crippen LogP) is 0.864. The Balaban J connectivity index is 1.62. The molecule has 100 valence electrons. The molecule has 0 aromatic heterocycles. The fraction of sp³-hybridized carbons (Fsp3) is 1.00. The molecule has 1 saturated heterocycles. The van der Waals surface area contributed by atoms with Crippen molar-refractivity contribution in [3.63, 3.8) is 0 Å². The van der Waals surface area contributed by atoms with Gasteiger partial charge in [0.05, 0.1) is 18.8 Å². The van der Waals surface area contributed by atoms with E-state index < -0.39 is 0 Å². The summed E-state index contributed by atoms with van der Waals surface area (Å²) in [5.41, 5.74) is 0. The first-order valence-corrected chi connectivity index (χ1v) is 6.84. The molecular formula is C13H26N2O2. The standard InChI is InChI=1S/C13H26N2O2/c1-15-7-8-17-13(10-15)9-14-11-3-5-12(16-2)6-4-11/h11-14H,3-10H2,1-2H3. The van der Waals surface area contributed by atoms with E-state index in [9.17, 15) is 0 Å². The van der Waals surface area contributed by atoms with Crippen LogP contribution in [0.15, 0.2) is 0 Å². The summed E-state index contributed by atoms with van der Waals surface area (Å²) >= 11 is 0. The molecule has 0 amide bonds. The van der Waals surface area contributed by atoms with Crippen molar-refractivity contribution in [1.82, 2.24) is 10.2 Å². The number of morpholine rings is 1. The van der Waals surface area contributed by atoms with Gasteiger partial charge in [0.25, 0.3) is 0 Å². The fourth-order valence-electron chi connectivity index (χ4n) is 2.79.